The summed E-state index contributed by atoms with van der Waals surface area (Å²) in [6.07, 6.45) is 1.28. The molecule has 0 saturated carbocycles. The summed E-state index contributed by atoms with van der Waals surface area (Å²) in [4.78, 5) is 20.9. The molecular weight excluding hydrogens is 369 g/mol. The quantitative estimate of drug-likeness (QED) is 0.776. The number of aromatic nitrogens is 2. The van der Waals surface area contributed by atoms with E-state index in [4.69, 9.17) is 9.26 Å². The monoisotopic (exact) mass is 395 g/mol. The highest BCUT2D eigenvalue weighted by Crippen LogP contribution is 2.09. The summed E-state index contributed by atoms with van der Waals surface area (Å²) < 4.78 is 10.5. The number of piperazine rings is 1. The average Bonchev–Trinajstić information content (AvgIpc) is 3.04. The largest absolute Gasteiger partial charge is 0.378 e. The van der Waals surface area contributed by atoms with Crippen LogP contribution in [0, 0.1) is 0 Å². The van der Waals surface area contributed by atoms with E-state index >= 15 is 0 Å². The van der Waals surface area contributed by atoms with E-state index in [9.17, 15) is 4.79 Å². The Morgan fingerprint density at radius 2 is 2.04 bits per heavy atom. The van der Waals surface area contributed by atoms with Crippen LogP contribution in [-0.4, -0.2) is 77.8 Å². The molecule has 0 aliphatic carbocycles. The molecule has 1 N–H and O–H groups in total. The predicted octanol–water partition coefficient (Wildman–Crippen LogP) is 0.498. The van der Waals surface area contributed by atoms with Crippen LogP contribution in [0.4, 0.5) is 0 Å². The summed E-state index contributed by atoms with van der Waals surface area (Å²) >= 11 is 0. The van der Waals surface area contributed by atoms with Crippen LogP contribution in [0.15, 0.2) is 4.52 Å². The summed E-state index contributed by atoms with van der Waals surface area (Å²) in [5, 5.41) is 7.31. The van der Waals surface area contributed by atoms with Crippen molar-refractivity contribution < 1.29 is 14.1 Å². The molecule has 25 heavy (non-hydrogen) atoms. The second-order valence-corrected chi connectivity index (χ2v) is 6.04. The molecule has 2 aliphatic heterocycles. The predicted molar refractivity (Wildman–Crippen MR) is 97.3 cm³/mol. The van der Waals surface area contributed by atoms with E-state index in [1.54, 1.807) is 0 Å². The fraction of sp³-hybridized carbons (Fsp3) is 0.800. The average molecular weight is 396 g/mol. The molecule has 1 amide bonds. The van der Waals surface area contributed by atoms with Gasteiger partial charge in [-0.25, -0.2) is 0 Å². The topological polar surface area (TPSA) is 83.7 Å². The third-order valence-corrected chi connectivity index (χ3v) is 4.32. The molecule has 1 aromatic heterocycles. The minimum Gasteiger partial charge on any atom is -0.378 e. The number of aryl methyl sites for hydroxylation is 1. The van der Waals surface area contributed by atoms with Gasteiger partial charge >= 0.3 is 0 Å². The minimum absolute atomic E-state index is 0. The number of carbonyl (C=O) groups excluding carboxylic acids is 1. The molecule has 0 spiro atoms. The Morgan fingerprint density at radius 3 is 2.64 bits per heavy atom. The van der Waals surface area contributed by atoms with Crippen LogP contribution in [0.3, 0.4) is 0 Å². The molecule has 3 heterocycles. The van der Waals surface area contributed by atoms with Crippen molar-refractivity contribution in [1.29, 1.82) is 0 Å². The normalized spacial score (nSPS) is 21.3. The lowest BCUT2D eigenvalue weighted by Gasteiger charge is -2.35. The Morgan fingerprint density at radius 1 is 1.28 bits per heavy atom. The van der Waals surface area contributed by atoms with Gasteiger partial charge in [-0.2, -0.15) is 4.98 Å². The Kier molecular flexibility index (Phi) is 9.66. The zero-order valence-corrected chi connectivity index (χ0v) is 16.1. The number of morpholine rings is 1. The molecule has 3 rings (SSSR count). The van der Waals surface area contributed by atoms with Gasteiger partial charge in [-0.15, -0.1) is 24.8 Å². The lowest BCUT2D eigenvalue weighted by Crippen LogP contribution is -2.51. The van der Waals surface area contributed by atoms with E-state index in [2.05, 4.69) is 20.4 Å². The van der Waals surface area contributed by atoms with E-state index in [-0.39, 0.29) is 36.8 Å². The van der Waals surface area contributed by atoms with Gasteiger partial charge in [0.25, 0.3) is 0 Å². The summed E-state index contributed by atoms with van der Waals surface area (Å²) in [6, 6.07) is 0.154. The number of carbonyl (C=O) groups is 1. The number of halogens is 2. The van der Waals surface area contributed by atoms with Crippen LogP contribution in [0.1, 0.15) is 25.1 Å². The number of rotatable bonds is 5. The molecule has 0 bridgehead atoms. The zero-order chi connectivity index (χ0) is 16.1. The van der Waals surface area contributed by atoms with Gasteiger partial charge in [-0.3, -0.25) is 9.69 Å². The number of amides is 1. The van der Waals surface area contributed by atoms with Crippen LogP contribution in [-0.2, 0) is 22.5 Å². The first kappa shape index (κ1) is 22.1. The number of hydrogen-bond acceptors (Lipinski definition) is 7. The second-order valence-electron chi connectivity index (χ2n) is 6.04. The van der Waals surface area contributed by atoms with E-state index in [0.29, 0.717) is 25.5 Å². The number of nitrogens with zero attached hydrogens (tertiary/aromatic N) is 4. The third kappa shape index (κ3) is 6.38. The van der Waals surface area contributed by atoms with Crippen LogP contribution in [0.5, 0.6) is 0 Å². The van der Waals surface area contributed by atoms with Crippen LogP contribution < -0.4 is 5.32 Å². The molecule has 2 aliphatic rings. The van der Waals surface area contributed by atoms with Gasteiger partial charge in [0.1, 0.15) is 0 Å². The lowest BCUT2D eigenvalue weighted by molar-refractivity contribution is -0.134. The van der Waals surface area contributed by atoms with Crippen molar-refractivity contribution in [2.75, 3.05) is 45.9 Å². The van der Waals surface area contributed by atoms with Gasteiger partial charge in [0, 0.05) is 51.6 Å². The van der Waals surface area contributed by atoms with Crippen molar-refractivity contribution in [3.8, 4) is 0 Å². The molecule has 144 valence electrons. The van der Waals surface area contributed by atoms with Crippen molar-refractivity contribution in [2.24, 2.45) is 0 Å². The SMILES string of the molecule is CCc1nc(CN2CCN(C(=O)CC3COCCN3)CC2)no1.Cl.Cl. The first-order valence-electron chi connectivity index (χ1n) is 8.37. The van der Waals surface area contributed by atoms with E-state index in [0.717, 1.165) is 51.6 Å². The zero-order valence-electron chi connectivity index (χ0n) is 14.5. The minimum atomic E-state index is 0. The van der Waals surface area contributed by atoms with Gasteiger partial charge in [0.05, 0.1) is 19.8 Å². The van der Waals surface area contributed by atoms with Crippen molar-refractivity contribution in [2.45, 2.75) is 32.4 Å². The fourth-order valence-electron chi connectivity index (χ4n) is 2.94. The maximum absolute atomic E-state index is 12.3. The van der Waals surface area contributed by atoms with Crippen LogP contribution in [0.2, 0.25) is 0 Å². The Hall–Kier alpha value is -0.930. The van der Waals surface area contributed by atoms with Gasteiger partial charge in [0.15, 0.2) is 5.82 Å². The van der Waals surface area contributed by atoms with Crippen LogP contribution >= 0.6 is 24.8 Å². The molecule has 8 nitrogen and oxygen atoms in total. The number of hydrogen-bond donors (Lipinski definition) is 1. The molecule has 0 radical (unpaired) electrons. The van der Waals surface area contributed by atoms with Gasteiger partial charge in [-0.1, -0.05) is 12.1 Å². The van der Waals surface area contributed by atoms with E-state index in [1.165, 1.54) is 0 Å². The molecule has 2 saturated heterocycles. The Bertz CT molecular complexity index is 517. The molecule has 10 heteroatoms. The van der Waals surface area contributed by atoms with Crippen molar-refractivity contribution in [1.82, 2.24) is 25.3 Å². The Balaban J connectivity index is 0.00000156. The molecule has 2 fully saturated rings. The van der Waals surface area contributed by atoms with E-state index < -0.39 is 0 Å². The lowest BCUT2D eigenvalue weighted by atomic mass is 10.1. The fourth-order valence-corrected chi connectivity index (χ4v) is 2.94. The first-order valence-corrected chi connectivity index (χ1v) is 8.37. The highest BCUT2D eigenvalue weighted by atomic mass is 35.5. The third-order valence-electron chi connectivity index (χ3n) is 4.32. The molecule has 1 unspecified atom stereocenters. The summed E-state index contributed by atoms with van der Waals surface area (Å²) in [6.45, 7) is 8.07. The smallest absolute Gasteiger partial charge is 0.226 e. The first-order chi connectivity index (χ1) is 11.2. The highest BCUT2D eigenvalue weighted by Gasteiger charge is 2.25. The van der Waals surface area contributed by atoms with Gasteiger partial charge in [-0.05, 0) is 0 Å². The molecule has 1 atom stereocenters. The maximum Gasteiger partial charge on any atom is 0.226 e. The van der Waals surface area contributed by atoms with Crippen molar-refractivity contribution in [3.05, 3.63) is 11.7 Å². The molecule has 1 aromatic rings. The van der Waals surface area contributed by atoms with Crippen molar-refractivity contribution in [3.63, 3.8) is 0 Å². The van der Waals surface area contributed by atoms with Gasteiger partial charge < -0.3 is 19.5 Å². The summed E-state index contributed by atoms with van der Waals surface area (Å²) in [5.41, 5.74) is 0. The van der Waals surface area contributed by atoms with Crippen molar-refractivity contribution >= 4 is 30.7 Å². The summed E-state index contributed by atoms with van der Waals surface area (Å²) in [5.74, 6) is 1.61. The van der Waals surface area contributed by atoms with Crippen LogP contribution in [0.25, 0.3) is 0 Å². The summed E-state index contributed by atoms with van der Waals surface area (Å²) in [7, 11) is 0. The van der Waals surface area contributed by atoms with Gasteiger partial charge in [0.2, 0.25) is 11.8 Å². The van der Waals surface area contributed by atoms with E-state index in [1.807, 2.05) is 11.8 Å². The number of nitrogens with one attached hydrogen (secondary N) is 1. The standard InChI is InChI=1S/C15H25N5O3.2ClH/c1-2-14-17-13(18-23-14)10-19-4-6-20(7-5-19)15(21)9-12-11-22-8-3-16-12;;/h12,16H,2-11H2,1H3;2*1H. The maximum atomic E-state index is 12.3. The Labute approximate surface area is 160 Å². The number of ether oxygens (including phenoxy) is 1. The highest BCUT2D eigenvalue weighted by molar-refractivity contribution is 5.85. The molecule has 0 aromatic carbocycles. The molecular formula is C15H27Cl2N5O3. The second kappa shape index (κ2) is 10.9.